The summed E-state index contributed by atoms with van der Waals surface area (Å²) in [7, 11) is 0. The average molecular weight is 334 g/mol. The fraction of sp³-hybridized carbons (Fsp3) is 0.357. The Balaban J connectivity index is 2.06. The number of nitrogens with zero attached hydrogens (tertiary/aromatic N) is 4. The number of aromatic nitrogens is 3. The molecule has 0 radical (unpaired) electrons. The molecule has 2 aromatic rings. The monoisotopic (exact) mass is 333 g/mol. The molecule has 104 valence electrons. The second-order valence-corrected chi connectivity index (χ2v) is 5.77. The zero-order valence-electron chi connectivity index (χ0n) is 11.5. The summed E-state index contributed by atoms with van der Waals surface area (Å²) in [5.74, 6) is 1.42. The molecule has 1 heterocycles. The van der Waals surface area contributed by atoms with Crippen LogP contribution in [0, 0.1) is 17.2 Å². The molecule has 1 aromatic carbocycles. The first-order valence-corrected chi connectivity index (χ1v) is 7.19. The van der Waals surface area contributed by atoms with E-state index in [1.54, 1.807) is 18.5 Å². The molecule has 2 rings (SSSR count). The van der Waals surface area contributed by atoms with Crippen LogP contribution in [0.25, 0.3) is 0 Å². The van der Waals surface area contributed by atoms with Gasteiger partial charge in [-0.15, -0.1) is 0 Å². The Morgan fingerprint density at radius 2 is 2.25 bits per heavy atom. The van der Waals surface area contributed by atoms with E-state index in [0.717, 1.165) is 22.5 Å². The highest BCUT2D eigenvalue weighted by Gasteiger charge is 2.07. The Labute approximate surface area is 126 Å². The van der Waals surface area contributed by atoms with E-state index in [4.69, 9.17) is 5.26 Å². The lowest BCUT2D eigenvalue weighted by molar-refractivity contribution is 0.468. The topological polar surface area (TPSA) is 66.5 Å². The summed E-state index contributed by atoms with van der Waals surface area (Å²) in [4.78, 5) is 4.27. The molecule has 0 unspecified atom stereocenters. The first-order valence-electron chi connectivity index (χ1n) is 6.40. The van der Waals surface area contributed by atoms with Crippen molar-refractivity contribution in [1.29, 1.82) is 5.26 Å². The molecule has 1 N–H and O–H groups in total. The van der Waals surface area contributed by atoms with Gasteiger partial charge in [-0.1, -0.05) is 13.8 Å². The van der Waals surface area contributed by atoms with Gasteiger partial charge in [-0.05, 0) is 40.0 Å². The van der Waals surface area contributed by atoms with Gasteiger partial charge in [0.1, 0.15) is 12.2 Å². The molecule has 0 saturated heterocycles. The summed E-state index contributed by atoms with van der Waals surface area (Å²) in [5, 5.41) is 16.4. The molecule has 0 amide bonds. The van der Waals surface area contributed by atoms with Crippen molar-refractivity contribution >= 4 is 21.6 Å². The van der Waals surface area contributed by atoms with Gasteiger partial charge in [-0.2, -0.15) is 10.4 Å². The molecule has 0 bridgehead atoms. The number of hydrogen-bond donors (Lipinski definition) is 1. The Morgan fingerprint density at radius 3 is 2.90 bits per heavy atom. The maximum Gasteiger partial charge on any atom is 0.146 e. The van der Waals surface area contributed by atoms with Gasteiger partial charge in [0.2, 0.25) is 0 Å². The first kappa shape index (κ1) is 14.5. The van der Waals surface area contributed by atoms with Gasteiger partial charge >= 0.3 is 0 Å². The van der Waals surface area contributed by atoms with E-state index in [-0.39, 0.29) is 0 Å². The quantitative estimate of drug-likeness (QED) is 0.912. The van der Waals surface area contributed by atoms with Crippen LogP contribution in [0.15, 0.2) is 29.0 Å². The van der Waals surface area contributed by atoms with Crippen molar-refractivity contribution in [2.45, 2.75) is 26.9 Å². The zero-order valence-corrected chi connectivity index (χ0v) is 13.1. The fourth-order valence-corrected chi connectivity index (χ4v) is 2.34. The van der Waals surface area contributed by atoms with Crippen molar-refractivity contribution in [3.05, 3.63) is 40.4 Å². The molecule has 20 heavy (non-hydrogen) atoms. The third kappa shape index (κ3) is 3.58. The molecule has 1 aromatic heterocycles. The van der Waals surface area contributed by atoms with Crippen LogP contribution in [-0.4, -0.2) is 14.8 Å². The van der Waals surface area contributed by atoms with Crippen LogP contribution >= 0.6 is 15.9 Å². The van der Waals surface area contributed by atoms with Crippen LogP contribution in [0.4, 0.5) is 5.69 Å². The molecule has 6 heteroatoms. The lowest BCUT2D eigenvalue weighted by Crippen LogP contribution is -2.13. The van der Waals surface area contributed by atoms with Crippen molar-refractivity contribution in [3.8, 4) is 6.07 Å². The second-order valence-electron chi connectivity index (χ2n) is 4.91. The van der Waals surface area contributed by atoms with E-state index in [0.29, 0.717) is 18.0 Å². The van der Waals surface area contributed by atoms with Crippen LogP contribution in [0.5, 0.6) is 0 Å². The summed E-state index contributed by atoms with van der Waals surface area (Å²) in [5.41, 5.74) is 1.56. The highest BCUT2D eigenvalue weighted by Crippen LogP contribution is 2.23. The molecule has 0 aliphatic heterocycles. The normalized spacial score (nSPS) is 10.6. The van der Waals surface area contributed by atoms with Gasteiger partial charge in [0.25, 0.3) is 0 Å². The fourth-order valence-electron chi connectivity index (χ4n) is 1.83. The van der Waals surface area contributed by atoms with E-state index in [9.17, 15) is 0 Å². The largest absolute Gasteiger partial charge is 0.377 e. The van der Waals surface area contributed by atoms with Gasteiger partial charge in [-0.25, -0.2) is 9.67 Å². The van der Waals surface area contributed by atoms with Crippen LogP contribution in [0.1, 0.15) is 25.2 Å². The summed E-state index contributed by atoms with van der Waals surface area (Å²) >= 11 is 3.45. The van der Waals surface area contributed by atoms with Crippen LogP contribution in [-0.2, 0) is 13.1 Å². The van der Waals surface area contributed by atoms with Crippen molar-refractivity contribution in [1.82, 2.24) is 14.8 Å². The summed E-state index contributed by atoms with van der Waals surface area (Å²) in [6.07, 6.45) is 1.58. The third-order valence-electron chi connectivity index (χ3n) is 2.77. The van der Waals surface area contributed by atoms with Crippen LogP contribution in [0.3, 0.4) is 0 Å². The van der Waals surface area contributed by atoms with E-state index in [2.05, 4.69) is 51.2 Å². The predicted octanol–water partition coefficient (Wildman–Crippen LogP) is 3.18. The molecule has 5 nitrogen and oxygen atoms in total. The summed E-state index contributed by atoms with van der Waals surface area (Å²) in [6, 6.07) is 7.57. The summed E-state index contributed by atoms with van der Waals surface area (Å²) in [6.45, 7) is 5.74. The Hall–Kier alpha value is -1.87. The van der Waals surface area contributed by atoms with Gasteiger partial charge in [0, 0.05) is 16.7 Å². The van der Waals surface area contributed by atoms with Crippen molar-refractivity contribution in [3.63, 3.8) is 0 Å². The minimum atomic E-state index is 0.525. The number of nitriles is 1. The smallest absolute Gasteiger partial charge is 0.146 e. The van der Waals surface area contributed by atoms with Gasteiger partial charge < -0.3 is 5.32 Å². The van der Waals surface area contributed by atoms with E-state index < -0.39 is 0 Å². The van der Waals surface area contributed by atoms with Gasteiger partial charge in [0.15, 0.2) is 0 Å². The minimum Gasteiger partial charge on any atom is -0.377 e. The molecule has 0 fully saturated rings. The van der Waals surface area contributed by atoms with Crippen molar-refractivity contribution in [2.24, 2.45) is 5.92 Å². The molecule has 0 saturated carbocycles. The number of halogens is 1. The number of benzene rings is 1. The highest BCUT2D eigenvalue weighted by molar-refractivity contribution is 9.10. The average Bonchev–Trinajstić information content (AvgIpc) is 2.83. The minimum absolute atomic E-state index is 0.525. The Bertz CT molecular complexity index is 627. The number of nitrogens with one attached hydrogen (secondary N) is 1. The number of anilines is 1. The van der Waals surface area contributed by atoms with Crippen molar-refractivity contribution in [2.75, 3.05) is 5.32 Å². The summed E-state index contributed by atoms with van der Waals surface area (Å²) < 4.78 is 2.78. The SMILES string of the molecule is CC(C)Cn1ncnc1CNc1ccc(C#N)cc1Br. The van der Waals surface area contributed by atoms with E-state index in [1.165, 1.54) is 0 Å². The Kier molecular flexibility index (Phi) is 4.74. The third-order valence-corrected chi connectivity index (χ3v) is 3.43. The zero-order chi connectivity index (χ0) is 14.5. The number of rotatable bonds is 5. The standard InChI is InChI=1S/C14H16BrN5/c1-10(2)8-20-14(18-9-19-20)7-17-13-4-3-11(6-16)5-12(13)15/h3-5,9-10,17H,7-8H2,1-2H3. The Morgan fingerprint density at radius 1 is 1.45 bits per heavy atom. The second kappa shape index (κ2) is 6.53. The first-order chi connectivity index (χ1) is 9.60. The number of hydrogen-bond acceptors (Lipinski definition) is 4. The molecule has 0 atom stereocenters. The highest BCUT2D eigenvalue weighted by atomic mass is 79.9. The van der Waals surface area contributed by atoms with E-state index in [1.807, 2.05) is 10.7 Å². The lowest BCUT2D eigenvalue weighted by atomic mass is 10.2. The lowest BCUT2D eigenvalue weighted by Gasteiger charge is -2.11. The van der Waals surface area contributed by atoms with Crippen LogP contribution in [0.2, 0.25) is 0 Å². The maximum absolute atomic E-state index is 8.84. The molecular formula is C14H16BrN5. The molecule has 0 aliphatic rings. The molecule has 0 aliphatic carbocycles. The van der Waals surface area contributed by atoms with E-state index >= 15 is 0 Å². The van der Waals surface area contributed by atoms with Crippen LogP contribution < -0.4 is 5.32 Å². The van der Waals surface area contributed by atoms with Gasteiger partial charge in [-0.3, -0.25) is 0 Å². The molecule has 0 spiro atoms. The van der Waals surface area contributed by atoms with Crippen molar-refractivity contribution < 1.29 is 0 Å². The molecular weight excluding hydrogens is 318 g/mol. The maximum atomic E-state index is 8.84. The predicted molar refractivity (Wildman–Crippen MR) is 81.0 cm³/mol. The van der Waals surface area contributed by atoms with Gasteiger partial charge in [0.05, 0.1) is 18.2 Å².